The van der Waals surface area contributed by atoms with Gasteiger partial charge in [-0.25, -0.2) is 4.79 Å². The van der Waals surface area contributed by atoms with Crippen LogP contribution in [0.15, 0.2) is 12.2 Å². The van der Waals surface area contributed by atoms with Crippen LogP contribution in [0.5, 0.6) is 0 Å². The number of nitrogens with one attached hydrogen (secondary N) is 1. The van der Waals surface area contributed by atoms with E-state index in [4.69, 9.17) is 4.74 Å². The molecule has 0 unspecified atom stereocenters. The minimum absolute atomic E-state index is 0.280. The fourth-order valence-corrected chi connectivity index (χ4v) is 5.13. The van der Waals surface area contributed by atoms with Gasteiger partial charge in [-0.05, 0) is 43.6 Å². The number of thiophene rings is 1. The van der Waals surface area contributed by atoms with Crippen molar-refractivity contribution >= 4 is 34.2 Å². The first-order chi connectivity index (χ1) is 12.4. The van der Waals surface area contributed by atoms with Crippen molar-refractivity contribution in [1.82, 2.24) is 0 Å². The van der Waals surface area contributed by atoms with Crippen LogP contribution in [0.1, 0.15) is 47.0 Å². The van der Waals surface area contributed by atoms with Gasteiger partial charge in [0.05, 0.1) is 18.6 Å². The third kappa shape index (κ3) is 3.53. The number of carbonyl (C=O) groups excluding carboxylic acids is 3. The summed E-state index contributed by atoms with van der Waals surface area (Å²) in [7, 11) is 1.32. The maximum absolute atomic E-state index is 12.7. The number of allylic oxidation sites excluding steroid dienone is 2. The Morgan fingerprint density at radius 2 is 1.92 bits per heavy atom. The molecule has 2 aliphatic carbocycles. The van der Waals surface area contributed by atoms with E-state index < -0.39 is 23.8 Å². The third-order valence-electron chi connectivity index (χ3n) is 5.21. The first kappa shape index (κ1) is 18.6. The second-order valence-corrected chi connectivity index (χ2v) is 8.12. The van der Waals surface area contributed by atoms with E-state index in [1.54, 1.807) is 6.08 Å². The number of carboxylic acids is 1. The summed E-state index contributed by atoms with van der Waals surface area (Å²) in [5.74, 6) is -3.10. The van der Waals surface area contributed by atoms with Crippen LogP contribution < -0.4 is 10.4 Å². The van der Waals surface area contributed by atoms with E-state index in [9.17, 15) is 19.5 Å². The summed E-state index contributed by atoms with van der Waals surface area (Å²) >= 11 is 1.40. The number of carboxylic acid groups (broad SMARTS) is 1. The van der Waals surface area contributed by atoms with E-state index in [-0.39, 0.29) is 12.3 Å². The zero-order valence-corrected chi connectivity index (χ0v) is 15.7. The molecule has 1 N–H and O–H groups in total. The monoisotopic (exact) mass is 376 g/mol. The highest BCUT2D eigenvalue weighted by molar-refractivity contribution is 7.17. The predicted octanol–water partition coefficient (Wildman–Crippen LogP) is 1.93. The summed E-state index contributed by atoms with van der Waals surface area (Å²) < 4.78 is 4.92. The van der Waals surface area contributed by atoms with Crippen molar-refractivity contribution in [2.24, 2.45) is 17.8 Å². The SMILES string of the molecule is COC(=O)c1c(NC(=O)[C@H]2CC=CC[C@H]2C(=O)[O-])sc2c1CC[C@H](C)C2. The van der Waals surface area contributed by atoms with Crippen molar-refractivity contribution in [3.8, 4) is 0 Å². The minimum Gasteiger partial charge on any atom is -0.550 e. The predicted molar refractivity (Wildman–Crippen MR) is 95.8 cm³/mol. The zero-order valence-electron chi connectivity index (χ0n) is 14.9. The molecule has 3 rings (SSSR count). The highest BCUT2D eigenvalue weighted by atomic mass is 32.1. The highest BCUT2D eigenvalue weighted by Gasteiger charge is 2.33. The lowest BCUT2D eigenvalue weighted by molar-refractivity contribution is -0.313. The summed E-state index contributed by atoms with van der Waals surface area (Å²) in [6, 6.07) is 0. The molecule has 0 bridgehead atoms. The van der Waals surface area contributed by atoms with Crippen molar-refractivity contribution in [3.63, 3.8) is 0 Å². The van der Waals surface area contributed by atoms with Crippen LogP contribution in [0.2, 0.25) is 0 Å². The Labute approximate surface area is 156 Å². The Hall–Kier alpha value is -2.15. The molecule has 0 fully saturated rings. The number of aliphatic carboxylic acids is 1. The minimum atomic E-state index is -1.22. The van der Waals surface area contributed by atoms with Gasteiger partial charge < -0.3 is 20.0 Å². The van der Waals surface area contributed by atoms with Gasteiger partial charge in [-0.1, -0.05) is 19.1 Å². The van der Waals surface area contributed by atoms with Crippen LogP contribution >= 0.6 is 11.3 Å². The van der Waals surface area contributed by atoms with E-state index in [2.05, 4.69) is 12.2 Å². The summed E-state index contributed by atoms with van der Waals surface area (Å²) in [5.41, 5.74) is 1.37. The number of esters is 1. The molecule has 1 heterocycles. The van der Waals surface area contributed by atoms with Crippen LogP contribution in [-0.4, -0.2) is 25.0 Å². The van der Waals surface area contributed by atoms with Gasteiger partial charge in [-0.3, -0.25) is 4.79 Å². The number of methoxy groups -OCH3 is 1. The van der Waals surface area contributed by atoms with Gasteiger partial charge >= 0.3 is 5.97 Å². The smallest absolute Gasteiger partial charge is 0.341 e. The van der Waals surface area contributed by atoms with E-state index in [0.717, 1.165) is 29.7 Å². The second kappa shape index (κ2) is 7.61. The van der Waals surface area contributed by atoms with E-state index in [1.165, 1.54) is 18.4 Å². The van der Waals surface area contributed by atoms with Crippen LogP contribution in [0.25, 0.3) is 0 Å². The van der Waals surface area contributed by atoms with Crippen LogP contribution in [0, 0.1) is 17.8 Å². The van der Waals surface area contributed by atoms with Crippen LogP contribution in [0.4, 0.5) is 5.00 Å². The molecule has 0 radical (unpaired) electrons. The Balaban J connectivity index is 1.89. The lowest BCUT2D eigenvalue weighted by atomic mass is 9.82. The van der Waals surface area contributed by atoms with Gasteiger partial charge in [0, 0.05) is 16.8 Å². The molecule has 1 amide bonds. The van der Waals surface area contributed by atoms with Gasteiger partial charge in [0.1, 0.15) is 5.00 Å². The normalized spacial score (nSPS) is 24.6. The van der Waals surface area contributed by atoms with Gasteiger partial charge in [-0.15, -0.1) is 11.3 Å². The van der Waals surface area contributed by atoms with Crippen molar-refractivity contribution in [3.05, 3.63) is 28.2 Å². The number of fused-ring (bicyclic) bond motifs is 1. The average molecular weight is 376 g/mol. The quantitative estimate of drug-likeness (QED) is 0.640. The molecule has 0 saturated carbocycles. The summed E-state index contributed by atoms with van der Waals surface area (Å²) in [4.78, 5) is 37.5. The molecule has 3 atom stereocenters. The van der Waals surface area contributed by atoms with Crippen molar-refractivity contribution in [2.45, 2.75) is 39.0 Å². The number of rotatable bonds is 4. The van der Waals surface area contributed by atoms with Crippen molar-refractivity contribution in [1.29, 1.82) is 0 Å². The van der Waals surface area contributed by atoms with Gasteiger partial charge in [-0.2, -0.15) is 0 Å². The fourth-order valence-electron chi connectivity index (χ4n) is 3.73. The maximum Gasteiger partial charge on any atom is 0.341 e. The molecule has 6 nitrogen and oxygen atoms in total. The van der Waals surface area contributed by atoms with Crippen LogP contribution in [-0.2, 0) is 27.2 Å². The number of ether oxygens (including phenoxy) is 1. The molecule has 2 aliphatic rings. The molecule has 0 aliphatic heterocycles. The molecule has 140 valence electrons. The number of carbonyl (C=O) groups is 3. The molecule has 7 heteroatoms. The van der Waals surface area contributed by atoms with Crippen molar-refractivity contribution in [2.75, 3.05) is 12.4 Å². The Bertz CT molecular complexity index is 766. The number of anilines is 1. The number of hydrogen-bond acceptors (Lipinski definition) is 6. The highest BCUT2D eigenvalue weighted by Crippen LogP contribution is 2.40. The maximum atomic E-state index is 12.7. The zero-order chi connectivity index (χ0) is 18.8. The van der Waals surface area contributed by atoms with Crippen molar-refractivity contribution < 1.29 is 24.2 Å². The molecular weight excluding hydrogens is 354 g/mol. The number of hydrogen-bond donors (Lipinski definition) is 1. The standard InChI is InChI=1S/C19H23NO5S/c1-10-7-8-13-14(9-10)26-17(15(13)19(24)25-2)20-16(21)11-5-3-4-6-12(11)18(22)23/h3-4,10-12H,5-9H2,1-2H3,(H,20,21)(H,22,23)/p-1/t10-,11-,12+/m0/s1. The summed E-state index contributed by atoms with van der Waals surface area (Å²) in [6.45, 7) is 2.16. The first-order valence-corrected chi connectivity index (χ1v) is 9.63. The van der Waals surface area contributed by atoms with Gasteiger partial charge in [0.2, 0.25) is 5.91 Å². The molecular formula is C19H22NO5S-. The van der Waals surface area contributed by atoms with Gasteiger partial charge in [0.15, 0.2) is 0 Å². The Kier molecular flexibility index (Phi) is 5.46. The molecule has 1 aromatic rings. The molecule has 0 saturated heterocycles. The number of amides is 1. The largest absolute Gasteiger partial charge is 0.550 e. The van der Waals surface area contributed by atoms with Gasteiger partial charge in [0.25, 0.3) is 0 Å². The molecule has 1 aromatic heterocycles. The molecule has 0 aromatic carbocycles. The van der Waals surface area contributed by atoms with E-state index in [1.807, 2.05) is 6.08 Å². The lowest BCUT2D eigenvalue weighted by Gasteiger charge is -2.28. The van der Waals surface area contributed by atoms with E-state index >= 15 is 0 Å². The summed E-state index contributed by atoms with van der Waals surface area (Å²) in [5, 5.41) is 14.6. The fraction of sp³-hybridized carbons (Fsp3) is 0.526. The second-order valence-electron chi connectivity index (χ2n) is 7.01. The first-order valence-electron chi connectivity index (χ1n) is 8.82. The Morgan fingerprint density at radius 1 is 1.23 bits per heavy atom. The summed E-state index contributed by atoms with van der Waals surface area (Å²) in [6.07, 6.45) is 6.83. The molecule has 0 spiro atoms. The van der Waals surface area contributed by atoms with E-state index in [0.29, 0.717) is 22.9 Å². The Morgan fingerprint density at radius 3 is 2.58 bits per heavy atom. The lowest BCUT2D eigenvalue weighted by Crippen LogP contribution is -2.41. The molecule has 26 heavy (non-hydrogen) atoms. The average Bonchev–Trinajstić information content (AvgIpc) is 2.97. The third-order valence-corrected chi connectivity index (χ3v) is 6.38. The topological polar surface area (TPSA) is 95.5 Å². The van der Waals surface area contributed by atoms with Crippen LogP contribution in [0.3, 0.4) is 0 Å².